The Morgan fingerprint density at radius 1 is 1.30 bits per heavy atom. The van der Waals surface area contributed by atoms with Gasteiger partial charge >= 0.3 is 0 Å². The van der Waals surface area contributed by atoms with Crippen molar-refractivity contribution in [3.63, 3.8) is 0 Å². The summed E-state index contributed by atoms with van der Waals surface area (Å²) in [6, 6.07) is 5.20. The van der Waals surface area contributed by atoms with E-state index in [9.17, 15) is 8.42 Å². The maximum atomic E-state index is 12.3. The maximum absolute atomic E-state index is 12.3. The second-order valence-corrected chi connectivity index (χ2v) is 8.34. The molecule has 0 atom stereocenters. The summed E-state index contributed by atoms with van der Waals surface area (Å²) in [6.45, 7) is 0.334. The molecule has 0 saturated carbocycles. The van der Waals surface area contributed by atoms with Crippen molar-refractivity contribution in [2.75, 3.05) is 12.3 Å². The van der Waals surface area contributed by atoms with Gasteiger partial charge in [0.05, 0.1) is 5.69 Å². The Hall–Kier alpha value is -0.410. The van der Waals surface area contributed by atoms with Crippen LogP contribution in [-0.2, 0) is 16.4 Å². The summed E-state index contributed by atoms with van der Waals surface area (Å²) < 4.78 is 28.3. The summed E-state index contributed by atoms with van der Waals surface area (Å²) in [4.78, 5) is 0.0750. The Balaban J connectivity index is 2.14. The average Bonchev–Trinajstić information content (AvgIpc) is 2.79. The molecule has 0 amide bonds. The molecule has 0 aliphatic carbocycles. The molecule has 2 aromatic rings. The molecule has 0 aliphatic heterocycles. The van der Waals surface area contributed by atoms with Gasteiger partial charge in [-0.3, -0.25) is 0 Å². The van der Waals surface area contributed by atoms with Gasteiger partial charge in [0.2, 0.25) is 10.0 Å². The van der Waals surface area contributed by atoms with E-state index in [0.717, 1.165) is 10.0 Å². The number of hydrogen-bond acceptors (Lipinski definition) is 4. The van der Waals surface area contributed by atoms with Crippen LogP contribution in [0.15, 0.2) is 42.8 Å². The summed E-state index contributed by atoms with van der Waals surface area (Å²) in [7, 11) is -3.63. The van der Waals surface area contributed by atoms with Crippen LogP contribution in [0, 0.1) is 0 Å². The van der Waals surface area contributed by atoms with Crippen LogP contribution in [0.2, 0.25) is 0 Å². The summed E-state index contributed by atoms with van der Waals surface area (Å²) in [5.74, 6) is 0. The minimum Gasteiger partial charge on any atom is -0.398 e. The van der Waals surface area contributed by atoms with Crippen molar-refractivity contribution in [1.29, 1.82) is 0 Å². The van der Waals surface area contributed by atoms with Crippen molar-refractivity contribution in [2.24, 2.45) is 0 Å². The largest absolute Gasteiger partial charge is 0.398 e. The second kappa shape index (κ2) is 6.57. The third-order valence-electron chi connectivity index (χ3n) is 2.59. The first-order chi connectivity index (χ1) is 9.40. The van der Waals surface area contributed by atoms with Gasteiger partial charge < -0.3 is 5.73 Å². The highest BCUT2D eigenvalue weighted by molar-refractivity contribution is 9.11. The van der Waals surface area contributed by atoms with Gasteiger partial charge in [-0.2, -0.15) is 11.3 Å². The normalized spacial score (nSPS) is 11.7. The highest BCUT2D eigenvalue weighted by Gasteiger charge is 2.21. The molecule has 20 heavy (non-hydrogen) atoms. The molecule has 0 saturated heterocycles. The van der Waals surface area contributed by atoms with E-state index in [-0.39, 0.29) is 10.6 Å². The monoisotopic (exact) mass is 438 g/mol. The van der Waals surface area contributed by atoms with Crippen LogP contribution in [0.25, 0.3) is 0 Å². The van der Waals surface area contributed by atoms with Crippen molar-refractivity contribution in [3.05, 3.63) is 43.5 Å². The Morgan fingerprint density at radius 2 is 2.05 bits per heavy atom. The number of thiophene rings is 1. The third-order valence-corrected chi connectivity index (χ3v) is 6.25. The smallest absolute Gasteiger partial charge is 0.243 e. The molecule has 0 fully saturated rings. The molecule has 0 bridgehead atoms. The highest BCUT2D eigenvalue weighted by Crippen LogP contribution is 2.31. The molecule has 0 unspecified atom stereocenters. The van der Waals surface area contributed by atoms with Gasteiger partial charge in [0, 0.05) is 15.5 Å². The van der Waals surface area contributed by atoms with Crippen LogP contribution < -0.4 is 10.5 Å². The van der Waals surface area contributed by atoms with Crippen LogP contribution in [-0.4, -0.2) is 15.0 Å². The molecular weight excluding hydrogens is 428 g/mol. The molecule has 0 spiro atoms. The minimum absolute atomic E-state index is 0.0750. The van der Waals surface area contributed by atoms with E-state index < -0.39 is 10.0 Å². The van der Waals surface area contributed by atoms with Crippen molar-refractivity contribution < 1.29 is 8.42 Å². The first-order valence-corrected chi connectivity index (χ1v) is 9.66. The van der Waals surface area contributed by atoms with Crippen LogP contribution in [0.4, 0.5) is 5.69 Å². The SMILES string of the molecule is Nc1cc(Br)cc(Br)c1S(=O)(=O)NCCc1ccsc1. The number of hydrogen-bond donors (Lipinski definition) is 2. The Kier molecular flexibility index (Phi) is 5.25. The van der Waals surface area contributed by atoms with Gasteiger partial charge in [-0.25, -0.2) is 13.1 Å². The van der Waals surface area contributed by atoms with Crippen molar-refractivity contribution in [1.82, 2.24) is 4.72 Å². The second-order valence-electron chi connectivity index (χ2n) is 4.09. The van der Waals surface area contributed by atoms with Crippen LogP contribution in [0.3, 0.4) is 0 Å². The quantitative estimate of drug-likeness (QED) is 0.701. The summed E-state index contributed by atoms with van der Waals surface area (Å²) in [5, 5.41) is 3.96. The number of nitrogens with one attached hydrogen (secondary N) is 1. The molecule has 8 heteroatoms. The van der Waals surface area contributed by atoms with E-state index >= 15 is 0 Å². The lowest BCUT2D eigenvalue weighted by Crippen LogP contribution is -2.27. The first-order valence-electron chi connectivity index (χ1n) is 5.65. The van der Waals surface area contributed by atoms with Crippen LogP contribution >= 0.6 is 43.2 Å². The third kappa shape index (κ3) is 3.82. The van der Waals surface area contributed by atoms with Gasteiger partial charge in [-0.05, 0) is 56.9 Å². The average molecular weight is 440 g/mol. The summed E-state index contributed by atoms with van der Waals surface area (Å²) >= 11 is 8.10. The van der Waals surface area contributed by atoms with Gasteiger partial charge in [-0.15, -0.1) is 0 Å². The minimum atomic E-state index is -3.63. The van der Waals surface area contributed by atoms with E-state index in [4.69, 9.17) is 5.73 Å². The molecule has 0 radical (unpaired) electrons. The Labute approximate surface area is 138 Å². The van der Waals surface area contributed by atoms with Crippen molar-refractivity contribution in [3.8, 4) is 0 Å². The zero-order valence-electron chi connectivity index (χ0n) is 10.3. The maximum Gasteiger partial charge on any atom is 0.243 e. The molecular formula is C12H12Br2N2O2S2. The first kappa shape index (κ1) is 16.0. The Morgan fingerprint density at radius 3 is 2.65 bits per heavy atom. The molecule has 4 nitrogen and oxygen atoms in total. The Bertz CT molecular complexity index is 677. The van der Waals surface area contributed by atoms with Gasteiger partial charge in [0.25, 0.3) is 0 Å². The lowest BCUT2D eigenvalue weighted by molar-refractivity contribution is 0.581. The van der Waals surface area contributed by atoms with Gasteiger partial charge in [-0.1, -0.05) is 15.9 Å². The fraction of sp³-hybridized carbons (Fsp3) is 0.167. The zero-order valence-corrected chi connectivity index (χ0v) is 15.1. The summed E-state index contributed by atoms with van der Waals surface area (Å²) in [5.41, 5.74) is 7.11. The number of sulfonamides is 1. The predicted octanol–water partition coefficient (Wildman–Crippen LogP) is 3.38. The predicted molar refractivity (Wildman–Crippen MR) is 89.5 cm³/mol. The standard InChI is InChI=1S/C12H12Br2N2O2S2/c13-9-5-10(14)12(11(15)6-9)20(17,18)16-3-1-8-2-4-19-7-8/h2,4-7,16H,1,3,15H2. The lowest BCUT2D eigenvalue weighted by atomic mass is 10.2. The van der Waals surface area contributed by atoms with Crippen LogP contribution in [0.1, 0.15) is 5.56 Å². The molecule has 0 aliphatic rings. The van der Waals surface area contributed by atoms with Gasteiger partial charge in [0.1, 0.15) is 4.90 Å². The van der Waals surface area contributed by atoms with E-state index in [1.54, 1.807) is 23.5 Å². The number of nitrogen functional groups attached to an aromatic ring is 1. The molecule has 1 aromatic carbocycles. The van der Waals surface area contributed by atoms with Crippen LogP contribution in [0.5, 0.6) is 0 Å². The topological polar surface area (TPSA) is 72.2 Å². The molecule has 1 aromatic heterocycles. The molecule has 1 heterocycles. The van der Waals surface area contributed by atoms with E-state index in [1.807, 2.05) is 16.8 Å². The number of anilines is 1. The fourth-order valence-corrected chi connectivity index (χ4v) is 5.50. The van der Waals surface area contributed by atoms with Crippen molar-refractivity contribution in [2.45, 2.75) is 11.3 Å². The number of halogens is 2. The zero-order chi connectivity index (χ0) is 14.8. The van der Waals surface area contributed by atoms with E-state index in [1.165, 1.54) is 0 Å². The number of rotatable bonds is 5. The molecule has 108 valence electrons. The van der Waals surface area contributed by atoms with E-state index in [2.05, 4.69) is 36.6 Å². The highest BCUT2D eigenvalue weighted by atomic mass is 79.9. The molecule has 3 N–H and O–H groups in total. The van der Waals surface area contributed by atoms with Crippen molar-refractivity contribution >= 4 is 58.9 Å². The summed E-state index contributed by atoms with van der Waals surface area (Å²) in [6.07, 6.45) is 0.650. The van der Waals surface area contributed by atoms with Gasteiger partial charge in [0.15, 0.2) is 0 Å². The molecule has 2 rings (SSSR count). The lowest BCUT2D eigenvalue weighted by Gasteiger charge is -2.11. The number of nitrogens with two attached hydrogens (primary N) is 1. The number of benzene rings is 1. The fourth-order valence-electron chi connectivity index (χ4n) is 1.70. The van der Waals surface area contributed by atoms with E-state index in [0.29, 0.717) is 17.4 Å².